The first kappa shape index (κ1) is 73.7. The number of nitriles is 2. The molecular formula is C116H66N14O2. The van der Waals surface area contributed by atoms with E-state index in [1.165, 1.54) is 16.2 Å². The van der Waals surface area contributed by atoms with E-state index in [1.54, 1.807) is 0 Å². The lowest BCUT2D eigenvalue weighted by atomic mass is 10.1. The zero-order valence-electron chi connectivity index (χ0n) is 70.2. The summed E-state index contributed by atoms with van der Waals surface area (Å²) in [5.74, 6) is 3.02. The van der Waals surface area contributed by atoms with Gasteiger partial charge in [0.25, 0.3) is 0 Å². The van der Waals surface area contributed by atoms with Crippen LogP contribution in [0.3, 0.4) is 0 Å². The Morgan fingerprint density at radius 1 is 0.197 bits per heavy atom. The van der Waals surface area contributed by atoms with Crippen molar-refractivity contribution in [3.05, 3.63) is 412 Å². The highest BCUT2D eigenvalue weighted by molar-refractivity contribution is 6.28. The van der Waals surface area contributed by atoms with Crippen LogP contribution in [0.5, 0.6) is 0 Å². The number of para-hydroxylation sites is 10. The highest BCUT2D eigenvalue weighted by atomic mass is 16.3. The van der Waals surface area contributed by atoms with E-state index in [2.05, 4.69) is 300 Å². The monoisotopic (exact) mass is 1690 g/mol. The summed E-state index contributed by atoms with van der Waals surface area (Å²) in [4.78, 5) is 30.6. The van der Waals surface area contributed by atoms with Gasteiger partial charge in [-0.05, 0) is 152 Å². The lowest BCUT2D eigenvalue weighted by molar-refractivity contribution is 0.673. The van der Waals surface area contributed by atoms with Gasteiger partial charge in [0.15, 0.2) is 23.3 Å². The second kappa shape index (κ2) is 29.0. The Labute approximate surface area is 750 Å². The molecule has 0 unspecified atom stereocenters. The van der Waals surface area contributed by atoms with Crippen LogP contribution in [0, 0.1) is 22.7 Å². The van der Waals surface area contributed by atoms with Crippen LogP contribution in [-0.2, 0) is 0 Å². The van der Waals surface area contributed by atoms with E-state index >= 15 is 0 Å². The van der Waals surface area contributed by atoms with Crippen LogP contribution in [0.1, 0.15) is 11.1 Å². The summed E-state index contributed by atoms with van der Waals surface area (Å²) in [6.45, 7) is 0. The minimum absolute atomic E-state index is 0.468. The van der Waals surface area contributed by atoms with Gasteiger partial charge < -0.3 is 27.1 Å². The van der Waals surface area contributed by atoms with Crippen molar-refractivity contribution in [2.45, 2.75) is 0 Å². The van der Waals surface area contributed by atoms with Crippen molar-refractivity contribution in [2.24, 2.45) is 0 Å². The molecule has 10 heterocycles. The van der Waals surface area contributed by atoms with Crippen LogP contribution in [0.4, 0.5) is 0 Å². The predicted octanol–water partition coefficient (Wildman–Crippen LogP) is 28.5. The minimum Gasteiger partial charge on any atom is -0.455 e. The topological polar surface area (TPSA) is 181 Å². The van der Waals surface area contributed by atoms with E-state index < -0.39 is 0 Å². The third-order valence-electron chi connectivity index (χ3n) is 26.3. The molecule has 28 aromatic rings. The van der Waals surface area contributed by atoms with E-state index in [0.29, 0.717) is 57.4 Å². The lowest BCUT2D eigenvalue weighted by Gasteiger charge is -2.13. The Balaban J connectivity index is 0.000000135. The number of nitrogens with zero attached hydrogens (tertiary/aromatic N) is 14. The van der Waals surface area contributed by atoms with Crippen LogP contribution in [0.2, 0.25) is 0 Å². The highest BCUT2D eigenvalue weighted by Crippen LogP contribution is 2.48. The maximum absolute atomic E-state index is 11.0. The Morgan fingerprint density at radius 2 is 0.500 bits per heavy atom. The molecule has 612 valence electrons. The Morgan fingerprint density at radius 3 is 0.886 bits per heavy atom. The number of aromatic nitrogens is 12. The zero-order chi connectivity index (χ0) is 86.9. The van der Waals surface area contributed by atoms with Crippen molar-refractivity contribution < 1.29 is 8.83 Å². The smallest absolute Gasteiger partial charge is 0.238 e. The molecule has 18 aromatic carbocycles. The summed E-state index contributed by atoms with van der Waals surface area (Å²) in [6, 6.07) is 143. The first-order valence-electron chi connectivity index (χ1n) is 43.8. The maximum atomic E-state index is 11.0. The van der Waals surface area contributed by atoms with Gasteiger partial charge in [0.1, 0.15) is 34.5 Å². The molecule has 0 saturated heterocycles. The van der Waals surface area contributed by atoms with Gasteiger partial charge in [-0.15, -0.1) is 0 Å². The minimum atomic E-state index is 0.468. The molecule has 0 N–H and O–H groups in total. The number of rotatable bonds is 10. The van der Waals surface area contributed by atoms with Crippen molar-refractivity contribution in [3.63, 3.8) is 0 Å². The molecular weight excluding hydrogens is 1620 g/mol. The third-order valence-corrected chi connectivity index (χ3v) is 26.3. The number of fused-ring (bicyclic) bond motifs is 26. The zero-order valence-corrected chi connectivity index (χ0v) is 70.2. The fourth-order valence-corrected chi connectivity index (χ4v) is 20.5. The van der Waals surface area contributed by atoms with Gasteiger partial charge in [-0.2, -0.15) is 30.5 Å². The van der Waals surface area contributed by atoms with Crippen LogP contribution < -0.4 is 0 Å². The quantitative estimate of drug-likeness (QED) is 0.128. The fraction of sp³-hybridized carbons (Fsp3) is 0. The Kier molecular flexibility index (Phi) is 16.2. The standard InChI is InChI=1S/2C58H33N7O/c59-34-37-31-36(57-60-56(35-15-3-1-4-16-35)61-58(62-57)65-48-24-12-7-19-39(48)40-20-8-13-25-49(40)65)27-29-46(37)64-50-26-14-10-22-43(50)54-51(64)30-28-42-45-32-52-44(33-53(45)66-55(42)54)41-21-9-11-23-47(41)63(52)38-17-5-2-6-18-38;59-34-37-31-36(57-60-56(35-15-3-1-4-16-35)61-58(62-57)65-48-24-12-7-19-39(48)40-20-8-13-25-49(40)65)27-29-46(37)64-50-26-14-10-22-43(50)54-51(64)30-28-42-45-32-44-41-21-9-11-23-47(41)63(38-17-5-2-6-18-38)52(44)33-53(45)66-55(42)54/h2*1-33H. The summed E-state index contributed by atoms with van der Waals surface area (Å²) < 4.78 is 27.2. The molecule has 16 heteroatoms. The molecule has 0 amide bonds. The number of hydrogen-bond donors (Lipinski definition) is 0. The number of benzene rings is 18. The molecule has 0 spiro atoms. The van der Waals surface area contributed by atoms with Gasteiger partial charge in [-0.1, -0.05) is 243 Å². The van der Waals surface area contributed by atoms with Crippen LogP contribution in [-0.4, -0.2) is 57.3 Å². The molecule has 0 aliphatic heterocycles. The van der Waals surface area contributed by atoms with Gasteiger partial charge in [-0.3, -0.25) is 9.13 Å². The molecule has 0 saturated carbocycles. The van der Waals surface area contributed by atoms with Gasteiger partial charge in [-0.25, -0.2) is 9.97 Å². The molecule has 10 aromatic heterocycles. The van der Waals surface area contributed by atoms with E-state index in [-0.39, 0.29) is 0 Å². The predicted molar refractivity (Wildman–Crippen MR) is 531 cm³/mol. The highest BCUT2D eigenvalue weighted by Gasteiger charge is 2.29. The van der Waals surface area contributed by atoms with E-state index in [0.717, 1.165) is 192 Å². The second-order valence-corrected chi connectivity index (χ2v) is 33.4. The first-order valence-corrected chi connectivity index (χ1v) is 43.8. The second-order valence-electron chi connectivity index (χ2n) is 33.4. The van der Waals surface area contributed by atoms with Crippen LogP contribution in [0.25, 0.3) is 255 Å². The van der Waals surface area contributed by atoms with Crippen molar-refractivity contribution in [2.75, 3.05) is 0 Å². The van der Waals surface area contributed by atoms with E-state index in [9.17, 15) is 10.5 Å². The molecule has 0 fully saturated rings. The van der Waals surface area contributed by atoms with Crippen molar-refractivity contribution in [1.29, 1.82) is 10.5 Å². The molecule has 0 bridgehead atoms. The van der Waals surface area contributed by atoms with Crippen molar-refractivity contribution in [3.8, 4) is 92.3 Å². The van der Waals surface area contributed by atoms with Crippen molar-refractivity contribution in [1.82, 2.24) is 57.3 Å². The largest absolute Gasteiger partial charge is 0.455 e. The fourth-order valence-electron chi connectivity index (χ4n) is 20.5. The van der Waals surface area contributed by atoms with E-state index in [4.69, 9.17) is 38.7 Å². The average Bonchev–Trinajstić information content (AvgIpc) is 1.55. The molecule has 0 aliphatic carbocycles. The number of furan rings is 2. The Hall–Kier alpha value is -18.6. The summed E-state index contributed by atoms with van der Waals surface area (Å²) in [7, 11) is 0. The molecule has 28 rings (SSSR count). The first-order chi connectivity index (χ1) is 65.4. The molecule has 16 nitrogen and oxygen atoms in total. The maximum Gasteiger partial charge on any atom is 0.238 e. The average molecular weight is 1690 g/mol. The molecule has 0 aliphatic rings. The van der Waals surface area contributed by atoms with Gasteiger partial charge in [0.05, 0.1) is 99.5 Å². The summed E-state index contributed by atoms with van der Waals surface area (Å²) in [5.41, 5.74) is 23.4. The van der Waals surface area contributed by atoms with Crippen LogP contribution in [0.15, 0.2) is 409 Å². The molecule has 0 atom stereocenters. The SMILES string of the molecule is N#Cc1cc(-c2nc(-c3ccccc3)nc(-n3c4ccccc4c4ccccc43)n2)ccc1-n1c2ccccc2c2c3oc4cc5c(cc4c3ccc21)c1ccccc1n5-c1ccccc1.N#Cc1cc(-c2nc(-c3ccccc3)nc(-n3c4ccccc4c4ccccc43)n2)ccc1-n1c2ccccc2c2c3oc4cc5c6ccccc6n(-c6ccccc6)c5cc4c3ccc21. The summed E-state index contributed by atoms with van der Waals surface area (Å²) in [5, 5.41) is 39.3. The molecule has 132 heavy (non-hydrogen) atoms. The normalized spacial score (nSPS) is 11.9. The summed E-state index contributed by atoms with van der Waals surface area (Å²) >= 11 is 0. The van der Waals surface area contributed by atoms with Crippen LogP contribution >= 0.6 is 0 Å². The van der Waals surface area contributed by atoms with Gasteiger partial charge in [0, 0.05) is 115 Å². The van der Waals surface area contributed by atoms with Crippen molar-refractivity contribution >= 4 is 175 Å². The summed E-state index contributed by atoms with van der Waals surface area (Å²) in [6.07, 6.45) is 0. The van der Waals surface area contributed by atoms with Gasteiger partial charge in [0.2, 0.25) is 11.9 Å². The lowest BCUT2D eigenvalue weighted by Crippen LogP contribution is -2.06. The Bertz CT molecular complexity index is 9390. The van der Waals surface area contributed by atoms with E-state index in [1.807, 2.05) is 140 Å². The third kappa shape index (κ3) is 11.1. The molecule has 0 radical (unpaired) electrons. The van der Waals surface area contributed by atoms with Gasteiger partial charge >= 0.3 is 0 Å². The number of hydrogen-bond acceptors (Lipinski definition) is 10.